The summed E-state index contributed by atoms with van der Waals surface area (Å²) in [5.41, 5.74) is 0.406. The predicted octanol–water partition coefficient (Wildman–Crippen LogP) is 3.03. The number of ether oxygens (including phenoxy) is 1. The SMILES string of the molecule is O=C(O)[C@@]12COC[C@@H]1CN(Cc1cc(Cl)cc3ccccc13)C2. The van der Waals surface area contributed by atoms with Gasteiger partial charge in [0.05, 0.1) is 13.2 Å². The van der Waals surface area contributed by atoms with Crippen LogP contribution in [0.15, 0.2) is 36.4 Å². The van der Waals surface area contributed by atoms with Crippen LogP contribution in [0.5, 0.6) is 0 Å². The molecule has 120 valence electrons. The van der Waals surface area contributed by atoms with Crippen LogP contribution in [0.2, 0.25) is 5.02 Å². The Hall–Kier alpha value is -1.62. The van der Waals surface area contributed by atoms with Crippen molar-refractivity contribution in [2.75, 3.05) is 26.3 Å². The van der Waals surface area contributed by atoms with Gasteiger partial charge in [0.25, 0.3) is 0 Å². The van der Waals surface area contributed by atoms with Crippen LogP contribution < -0.4 is 0 Å². The summed E-state index contributed by atoms with van der Waals surface area (Å²) in [4.78, 5) is 14.0. The fraction of sp³-hybridized carbons (Fsp3) is 0.389. The molecule has 0 unspecified atom stereocenters. The van der Waals surface area contributed by atoms with Gasteiger partial charge in [-0.3, -0.25) is 9.69 Å². The van der Waals surface area contributed by atoms with E-state index in [1.807, 2.05) is 24.3 Å². The molecule has 2 aromatic rings. The zero-order valence-electron chi connectivity index (χ0n) is 12.7. The van der Waals surface area contributed by atoms with E-state index in [4.69, 9.17) is 16.3 Å². The van der Waals surface area contributed by atoms with E-state index in [2.05, 4.69) is 17.0 Å². The minimum Gasteiger partial charge on any atom is -0.481 e. The number of fused-ring (bicyclic) bond motifs is 2. The van der Waals surface area contributed by atoms with E-state index in [0.717, 1.165) is 22.5 Å². The average Bonchev–Trinajstić information content (AvgIpc) is 3.04. The maximum atomic E-state index is 11.7. The Morgan fingerprint density at radius 1 is 1.39 bits per heavy atom. The van der Waals surface area contributed by atoms with E-state index in [-0.39, 0.29) is 5.92 Å². The van der Waals surface area contributed by atoms with Gasteiger partial charge >= 0.3 is 5.97 Å². The van der Waals surface area contributed by atoms with Crippen LogP contribution in [0, 0.1) is 11.3 Å². The van der Waals surface area contributed by atoms with Crippen molar-refractivity contribution in [1.29, 1.82) is 0 Å². The van der Waals surface area contributed by atoms with Gasteiger partial charge in [-0.2, -0.15) is 0 Å². The van der Waals surface area contributed by atoms with Gasteiger partial charge in [0.2, 0.25) is 0 Å². The number of halogens is 1. The zero-order chi connectivity index (χ0) is 16.0. The number of carboxylic acid groups (broad SMARTS) is 1. The molecule has 2 aromatic carbocycles. The quantitative estimate of drug-likeness (QED) is 0.939. The first-order valence-corrected chi connectivity index (χ1v) is 8.17. The molecule has 4 rings (SSSR count). The summed E-state index contributed by atoms with van der Waals surface area (Å²) < 4.78 is 5.44. The van der Waals surface area contributed by atoms with Crippen molar-refractivity contribution in [2.24, 2.45) is 11.3 Å². The molecular weight excluding hydrogens is 314 g/mol. The maximum absolute atomic E-state index is 11.7. The Labute approximate surface area is 139 Å². The Balaban J connectivity index is 1.64. The van der Waals surface area contributed by atoms with Crippen LogP contribution in [0.3, 0.4) is 0 Å². The highest BCUT2D eigenvalue weighted by molar-refractivity contribution is 6.31. The Morgan fingerprint density at radius 2 is 2.22 bits per heavy atom. The van der Waals surface area contributed by atoms with E-state index in [0.29, 0.717) is 26.3 Å². The molecule has 0 radical (unpaired) electrons. The molecular formula is C18H18ClNO3. The summed E-state index contributed by atoms with van der Waals surface area (Å²) >= 11 is 6.25. The molecule has 2 saturated heterocycles. The van der Waals surface area contributed by atoms with Crippen LogP contribution in [-0.2, 0) is 16.1 Å². The molecule has 0 spiro atoms. The van der Waals surface area contributed by atoms with Gasteiger partial charge in [0, 0.05) is 30.6 Å². The van der Waals surface area contributed by atoms with Crippen molar-refractivity contribution >= 4 is 28.3 Å². The summed E-state index contributed by atoms with van der Waals surface area (Å²) in [5, 5.41) is 12.7. The van der Waals surface area contributed by atoms with Crippen LogP contribution in [0.25, 0.3) is 10.8 Å². The molecule has 2 aliphatic rings. The number of likely N-dealkylation sites (tertiary alicyclic amines) is 1. The highest BCUT2D eigenvalue weighted by Gasteiger charge is 2.56. The first kappa shape index (κ1) is 14.9. The highest BCUT2D eigenvalue weighted by Crippen LogP contribution is 2.42. The first-order valence-electron chi connectivity index (χ1n) is 7.79. The Bertz CT molecular complexity index is 778. The summed E-state index contributed by atoms with van der Waals surface area (Å²) in [6.07, 6.45) is 0. The number of carbonyl (C=O) groups is 1. The van der Waals surface area contributed by atoms with Crippen LogP contribution in [0.4, 0.5) is 0 Å². The lowest BCUT2D eigenvalue weighted by Crippen LogP contribution is -2.38. The van der Waals surface area contributed by atoms with Gasteiger partial charge in [-0.15, -0.1) is 0 Å². The molecule has 2 heterocycles. The smallest absolute Gasteiger partial charge is 0.313 e. The third kappa shape index (κ3) is 2.42. The minimum absolute atomic E-state index is 0.0745. The van der Waals surface area contributed by atoms with E-state index in [9.17, 15) is 9.90 Å². The van der Waals surface area contributed by atoms with Crippen molar-refractivity contribution in [3.8, 4) is 0 Å². The summed E-state index contributed by atoms with van der Waals surface area (Å²) in [6, 6.07) is 12.1. The second-order valence-corrected chi connectivity index (χ2v) is 7.07. The topological polar surface area (TPSA) is 49.8 Å². The summed E-state index contributed by atoms with van der Waals surface area (Å²) in [7, 11) is 0. The molecule has 23 heavy (non-hydrogen) atoms. The van der Waals surface area contributed by atoms with E-state index >= 15 is 0 Å². The number of rotatable bonds is 3. The number of hydrogen-bond acceptors (Lipinski definition) is 3. The van der Waals surface area contributed by atoms with E-state index < -0.39 is 11.4 Å². The standard InChI is InChI=1S/C18H18ClNO3/c19-15-5-12-3-1-2-4-16(12)13(6-15)7-20-8-14-9-23-11-18(14,10-20)17(21)22/h1-6,14H,7-11H2,(H,21,22)/t14-,18-/m0/s1. The third-order valence-corrected chi connectivity index (χ3v) is 5.39. The number of aliphatic carboxylic acids is 1. The highest BCUT2D eigenvalue weighted by atomic mass is 35.5. The lowest BCUT2D eigenvalue weighted by Gasteiger charge is -2.22. The monoisotopic (exact) mass is 331 g/mol. The molecule has 2 aliphatic heterocycles. The van der Waals surface area contributed by atoms with Gasteiger partial charge in [-0.25, -0.2) is 0 Å². The van der Waals surface area contributed by atoms with Gasteiger partial charge in [-0.1, -0.05) is 35.9 Å². The van der Waals surface area contributed by atoms with Crippen molar-refractivity contribution in [2.45, 2.75) is 6.54 Å². The molecule has 1 N–H and O–H groups in total. The normalized spacial score (nSPS) is 27.4. The molecule has 2 atom stereocenters. The van der Waals surface area contributed by atoms with Crippen molar-refractivity contribution in [3.05, 3.63) is 47.0 Å². The second kappa shape index (κ2) is 5.48. The molecule has 0 aromatic heterocycles. The number of nitrogens with zero attached hydrogens (tertiary/aromatic N) is 1. The van der Waals surface area contributed by atoms with Crippen molar-refractivity contribution in [3.63, 3.8) is 0 Å². The summed E-state index contributed by atoms with van der Waals surface area (Å²) in [6.45, 7) is 2.87. The molecule has 4 nitrogen and oxygen atoms in total. The van der Waals surface area contributed by atoms with E-state index in [1.165, 1.54) is 5.39 Å². The maximum Gasteiger partial charge on any atom is 0.313 e. The molecule has 2 fully saturated rings. The Morgan fingerprint density at radius 3 is 3.00 bits per heavy atom. The van der Waals surface area contributed by atoms with E-state index in [1.54, 1.807) is 0 Å². The first-order chi connectivity index (χ1) is 11.1. The van der Waals surface area contributed by atoms with Crippen LogP contribution in [0.1, 0.15) is 5.56 Å². The second-order valence-electron chi connectivity index (χ2n) is 6.63. The number of hydrogen-bond donors (Lipinski definition) is 1. The lowest BCUT2D eigenvalue weighted by molar-refractivity contribution is -0.149. The number of benzene rings is 2. The molecule has 0 saturated carbocycles. The number of carboxylic acids is 1. The minimum atomic E-state index is -0.742. The summed E-state index contributed by atoms with van der Waals surface area (Å²) in [5.74, 6) is -0.663. The Kier molecular flexibility index (Phi) is 3.56. The van der Waals surface area contributed by atoms with Gasteiger partial charge in [-0.05, 0) is 28.5 Å². The molecule has 0 amide bonds. The molecule has 0 aliphatic carbocycles. The van der Waals surface area contributed by atoms with Crippen molar-refractivity contribution < 1.29 is 14.6 Å². The van der Waals surface area contributed by atoms with Crippen molar-refractivity contribution in [1.82, 2.24) is 4.90 Å². The third-order valence-electron chi connectivity index (χ3n) is 5.18. The largest absolute Gasteiger partial charge is 0.481 e. The van der Waals surface area contributed by atoms with Crippen LogP contribution >= 0.6 is 11.6 Å². The zero-order valence-corrected chi connectivity index (χ0v) is 13.4. The van der Waals surface area contributed by atoms with Crippen LogP contribution in [-0.4, -0.2) is 42.3 Å². The predicted molar refractivity (Wildman–Crippen MR) is 88.6 cm³/mol. The lowest BCUT2D eigenvalue weighted by atomic mass is 9.81. The van der Waals surface area contributed by atoms with Gasteiger partial charge in [0.1, 0.15) is 5.41 Å². The van der Waals surface area contributed by atoms with Gasteiger partial charge in [0.15, 0.2) is 0 Å². The van der Waals surface area contributed by atoms with Gasteiger partial charge < -0.3 is 9.84 Å². The molecule has 0 bridgehead atoms. The fourth-order valence-electron chi connectivity index (χ4n) is 3.98. The molecule has 5 heteroatoms. The fourth-order valence-corrected chi connectivity index (χ4v) is 4.23. The average molecular weight is 332 g/mol.